The number of halogens is 2. The zero-order valence-corrected chi connectivity index (χ0v) is 14.8. The third-order valence-electron chi connectivity index (χ3n) is 4.77. The summed E-state index contributed by atoms with van der Waals surface area (Å²) in [6, 6.07) is 3.54. The Hall–Kier alpha value is -1.18. The second-order valence-corrected chi connectivity index (χ2v) is 8.63. The predicted octanol–water partition coefficient (Wildman–Crippen LogP) is 2.50. The molecule has 0 aromatic heterocycles. The molecule has 1 aromatic rings. The molecular formula is C16H20ClFN2O3S. The SMILES string of the molecule is O=C(C1CCCC1)N1CCN(S(=O)(=O)c2ccc(Cl)cc2F)CC1. The number of benzene rings is 1. The highest BCUT2D eigenvalue weighted by molar-refractivity contribution is 7.89. The summed E-state index contributed by atoms with van der Waals surface area (Å²) in [6.07, 6.45) is 4.02. The van der Waals surface area contributed by atoms with E-state index in [1.165, 1.54) is 16.4 Å². The van der Waals surface area contributed by atoms with Crippen LogP contribution in [0.4, 0.5) is 4.39 Å². The van der Waals surface area contributed by atoms with Gasteiger partial charge in [-0.1, -0.05) is 24.4 Å². The highest BCUT2D eigenvalue weighted by Gasteiger charge is 2.34. The van der Waals surface area contributed by atoms with Crippen molar-refractivity contribution in [2.45, 2.75) is 30.6 Å². The minimum atomic E-state index is -3.92. The molecule has 3 rings (SSSR count). The normalized spacial score (nSPS) is 20.5. The van der Waals surface area contributed by atoms with Crippen LogP contribution < -0.4 is 0 Å². The lowest BCUT2D eigenvalue weighted by atomic mass is 10.1. The van der Waals surface area contributed by atoms with E-state index in [4.69, 9.17) is 11.6 Å². The van der Waals surface area contributed by atoms with Crippen LogP contribution in [0.5, 0.6) is 0 Å². The second-order valence-electron chi connectivity index (χ2n) is 6.29. The first kappa shape index (κ1) is 17.6. The first-order valence-electron chi connectivity index (χ1n) is 8.13. The summed E-state index contributed by atoms with van der Waals surface area (Å²) in [5.74, 6) is -0.643. The lowest BCUT2D eigenvalue weighted by Crippen LogP contribution is -2.51. The van der Waals surface area contributed by atoms with Gasteiger partial charge in [-0.05, 0) is 31.0 Å². The minimum absolute atomic E-state index is 0.0851. The first-order valence-corrected chi connectivity index (χ1v) is 9.95. The zero-order valence-electron chi connectivity index (χ0n) is 13.2. The lowest BCUT2D eigenvalue weighted by Gasteiger charge is -2.35. The van der Waals surface area contributed by atoms with Gasteiger partial charge in [-0.25, -0.2) is 12.8 Å². The van der Waals surface area contributed by atoms with E-state index in [1.54, 1.807) is 4.90 Å². The molecule has 0 bridgehead atoms. The van der Waals surface area contributed by atoms with Crippen LogP contribution in [0.15, 0.2) is 23.1 Å². The van der Waals surface area contributed by atoms with Crippen LogP contribution in [0.2, 0.25) is 5.02 Å². The molecule has 1 heterocycles. The molecule has 1 amide bonds. The van der Waals surface area contributed by atoms with Gasteiger partial charge >= 0.3 is 0 Å². The number of carbonyl (C=O) groups excluding carboxylic acids is 1. The number of hydrogen-bond donors (Lipinski definition) is 0. The van der Waals surface area contributed by atoms with Crippen molar-refractivity contribution in [1.82, 2.24) is 9.21 Å². The molecule has 0 N–H and O–H groups in total. The number of carbonyl (C=O) groups is 1. The number of rotatable bonds is 3. The Morgan fingerprint density at radius 3 is 2.33 bits per heavy atom. The number of amides is 1. The fourth-order valence-electron chi connectivity index (χ4n) is 3.40. The molecule has 2 fully saturated rings. The highest BCUT2D eigenvalue weighted by Crippen LogP contribution is 2.28. The van der Waals surface area contributed by atoms with Crippen LogP contribution in [0.25, 0.3) is 0 Å². The molecule has 8 heteroatoms. The fraction of sp³-hybridized carbons (Fsp3) is 0.562. The van der Waals surface area contributed by atoms with E-state index < -0.39 is 15.8 Å². The van der Waals surface area contributed by atoms with Gasteiger partial charge in [-0.15, -0.1) is 0 Å². The van der Waals surface area contributed by atoms with Crippen molar-refractivity contribution in [3.8, 4) is 0 Å². The summed E-state index contributed by atoms with van der Waals surface area (Å²) >= 11 is 5.68. The quantitative estimate of drug-likeness (QED) is 0.816. The second kappa shape index (κ2) is 6.98. The molecule has 1 aromatic carbocycles. The highest BCUT2D eigenvalue weighted by atomic mass is 35.5. The molecule has 1 aliphatic heterocycles. The number of sulfonamides is 1. The predicted molar refractivity (Wildman–Crippen MR) is 88.7 cm³/mol. The van der Waals surface area contributed by atoms with E-state index in [1.807, 2.05) is 0 Å². The van der Waals surface area contributed by atoms with Gasteiger partial charge in [0, 0.05) is 37.1 Å². The van der Waals surface area contributed by atoms with Crippen molar-refractivity contribution in [3.05, 3.63) is 29.0 Å². The Bertz CT molecular complexity index is 727. The Morgan fingerprint density at radius 1 is 1.12 bits per heavy atom. The molecule has 1 saturated heterocycles. The minimum Gasteiger partial charge on any atom is -0.340 e. The smallest absolute Gasteiger partial charge is 0.246 e. The molecule has 0 atom stereocenters. The number of nitrogens with zero attached hydrogens (tertiary/aromatic N) is 2. The van der Waals surface area contributed by atoms with E-state index in [0.29, 0.717) is 13.1 Å². The van der Waals surface area contributed by atoms with E-state index in [2.05, 4.69) is 0 Å². The molecule has 0 spiro atoms. The maximum absolute atomic E-state index is 14.0. The van der Waals surface area contributed by atoms with E-state index >= 15 is 0 Å². The Balaban J connectivity index is 1.68. The van der Waals surface area contributed by atoms with Crippen molar-refractivity contribution in [3.63, 3.8) is 0 Å². The summed E-state index contributed by atoms with van der Waals surface area (Å²) in [4.78, 5) is 13.8. The molecule has 0 unspecified atom stereocenters. The van der Waals surface area contributed by atoms with Crippen molar-refractivity contribution >= 4 is 27.5 Å². The van der Waals surface area contributed by atoms with E-state index in [-0.39, 0.29) is 34.8 Å². The first-order chi connectivity index (χ1) is 11.4. The molecule has 132 valence electrons. The van der Waals surface area contributed by atoms with Crippen LogP contribution in [-0.2, 0) is 14.8 Å². The maximum atomic E-state index is 14.0. The zero-order chi connectivity index (χ0) is 17.3. The molecule has 0 radical (unpaired) electrons. The van der Waals surface area contributed by atoms with Gasteiger partial charge < -0.3 is 4.90 Å². The van der Waals surface area contributed by atoms with Crippen LogP contribution in [0.1, 0.15) is 25.7 Å². The Morgan fingerprint density at radius 2 is 1.75 bits per heavy atom. The van der Waals surface area contributed by atoms with Crippen molar-refractivity contribution in [2.75, 3.05) is 26.2 Å². The average Bonchev–Trinajstić information content (AvgIpc) is 3.08. The standard InChI is InChI=1S/C16H20ClFN2O3S/c17-13-5-6-15(14(18)11-13)24(22,23)20-9-7-19(8-10-20)16(21)12-3-1-2-4-12/h5-6,11-12H,1-4,7-10H2. The Kier molecular flexibility index (Phi) is 5.13. The van der Waals surface area contributed by atoms with Crippen LogP contribution in [0.3, 0.4) is 0 Å². The van der Waals surface area contributed by atoms with Crippen LogP contribution in [-0.4, -0.2) is 49.7 Å². The molecule has 24 heavy (non-hydrogen) atoms. The van der Waals surface area contributed by atoms with Gasteiger partial charge in [0.1, 0.15) is 10.7 Å². The molecule has 2 aliphatic rings. The van der Waals surface area contributed by atoms with Gasteiger partial charge in [-0.2, -0.15) is 4.31 Å². The summed E-state index contributed by atoms with van der Waals surface area (Å²) < 4.78 is 40.4. The van der Waals surface area contributed by atoms with Gasteiger partial charge in [0.15, 0.2) is 0 Å². The van der Waals surface area contributed by atoms with E-state index in [9.17, 15) is 17.6 Å². The van der Waals surface area contributed by atoms with E-state index in [0.717, 1.165) is 31.7 Å². The molecule has 5 nitrogen and oxygen atoms in total. The van der Waals surface area contributed by atoms with Crippen molar-refractivity contribution in [2.24, 2.45) is 5.92 Å². The van der Waals surface area contributed by atoms with Gasteiger partial charge in [0.2, 0.25) is 15.9 Å². The van der Waals surface area contributed by atoms with Gasteiger partial charge in [0.05, 0.1) is 0 Å². The Labute approximate surface area is 146 Å². The largest absolute Gasteiger partial charge is 0.340 e. The third-order valence-corrected chi connectivity index (χ3v) is 6.93. The monoisotopic (exact) mass is 374 g/mol. The van der Waals surface area contributed by atoms with Crippen LogP contribution in [0, 0.1) is 11.7 Å². The summed E-state index contributed by atoms with van der Waals surface area (Å²) in [5, 5.41) is 0.151. The van der Waals surface area contributed by atoms with Gasteiger partial charge in [-0.3, -0.25) is 4.79 Å². The topological polar surface area (TPSA) is 57.7 Å². The summed E-state index contributed by atoms with van der Waals surface area (Å²) in [5.41, 5.74) is 0. The fourth-order valence-corrected chi connectivity index (χ4v) is 5.03. The van der Waals surface area contributed by atoms with Gasteiger partial charge in [0.25, 0.3) is 0 Å². The molecular weight excluding hydrogens is 355 g/mol. The van der Waals surface area contributed by atoms with Crippen molar-refractivity contribution in [1.29, 1.82) is 0 Å². The maximum Gasteiger partial charge on any atom is 0.246 e. The summed E-state index contributed by atoms with van der Waals surface area (Å²) in [6.45, 7) is 1.07. The van der Waals surface area contributed by atoms with Crippen LogP contribution >= 0.6 is 11.6 Å². The third kappa shape index (κ3) is 3.43. The van der Waals surface area contributed by atoms with Crippen molar-refractivity contribution < 1.29 is 17.6 Å². The molecule has 1 aliphatic carbocycles. The lowest BCUT2D eigenvalue weighted by molar-refractivity contribution is -0.136. The number of piperazine rings is 1. The molecule has 1 saturated carbocycles. The number of hydrogen-bond acceptors (Lipinski definition) is 3. The average molecular weight is 375 g/mol. The summed E-state index contributed by atoms with van der Waals surface area (Å²) in [7, 11) is -3.92.